The molecule has 0 spiro atoms. The van der Waals surface area contributed by atoms with Gasteiger partial charge in [-0.25, -0.2) is 4.79 Å². The lowest BCUT2D eigenvalue weighted by Gasteiger charge is -2.47. The first kappa shape index (κ1) is 22.8. The van der Waals surface area contributed by atoms with Crippen molar-refractivity contribution in [1.29, 1.82) is 0 Å². The highest BCUT2D eigenvalue weighted by Crippen LogP contribution is 2.35. The number of cyclic esters (lactones) is 1. The number of amides is 2. The van der Waals surface area contributed by atoms with Crippen LogP contribution in [0.3, 0.4) is 0 Å². The van der Waals surface area contributed by atoms with Crippen molar-refractivity contribution < 1.29 is 24.2 Å². The van der Waals surface area contributed by atoms with Gasteiger partial charge in [-0.05, 0) is 44.0 Å². The van der Waals surface area contributed by atoms with Crippen molar-refractivity contribution in [3.05, 3.63) is 65.7 Å². The fraction of sp³-hybridized carbons (Fsp3) is 0.417. The molecule has 1 aliphatic heterocycles. The maximum Gasteiger partial charge on any atom is 0.432 e. The molecule has 166 valence electrons. The number of methoxy groups -OCH3 is 1. The van der Waals surface area contributed by atoms with Gasteiger partial charge in [0.2, 0.25) is 0 Å². The molecule has 0 saturated carbocycles. The maximum absolute atomic E-state index is 13.3. The number of ether oxygens (including phenoxy) is 2. The van der Waals surface area contributed by atoms with Crippen molar-refractivity contribution >= 4 is 12.0 Å². The number of hydrazine groups is 1. The zero-order chi connectivity index (χ0) is 22.7. The third-order valence-electron chi connectivity index (χ3n) is 5.67. The highest BCUT2D eigenvalue weighted by atomic mass is 16.6. The quantitative estimate of drug-likeness (QED) is 0.749. The number of benzene rings is 2. The summed E-state index contributed by atoms with van der Waals surface area (Å²) in [4.78, 5) is 26.3. The molecule has 7 heteroatoms. The van der Waals surface area contributed by atoms with E-state index in [4.69, 9.17) is 9.47 Å². The number of rotatable bonds is 6. The molecule has 1 heterocycles. The Morgan fingerprint density at radius 3 is 2.23 bits per heavy atom. The Morgan fingerprint density at radius 2 is 1.68 bits per heavy atom. The summed E-state index contributed by atoms with van der Waals surface area (Å²) in [6, 6.07) is 15.9. The summed E-state index contributed by atoms with van der Waals surface area (Å²) in [6.07, 6.45) is -2.32. The molecule has 7 nitrogen and oxygen atoms in total. The highest BCUT2D eigenvalue weighted by Gasteiger charge is 2.46. The molecule has 1 fully saturated rings. The minimum atomic E-state index is -1.08. The maximum atomic E-state index is 13.3. The van der Waals surface area contributed by atoms with E-state index in [-0.39, 0.29) is 12.1 Å². The smallest absolute Gasteiger partial charge is 0.432 e. The molecule has 0 aromatic heterocycles. The fourth-order valence-corrected chi connectivity index (χ4v) is 3.98. The van der Waals surface area contributed by atoms with Gasteiger partial charge in [-0.2, -0.15) is 10.0 Å². The van der Waals surface area contributed by atoms with E-state index in [1.165, 1.54) is 0 Å². The largest absolute Gasteiger partial charge is 0.497 e. The van der Waals surface area contributed by atoms with Crippen LogP contribution < -0.4 is 4.74 Å². The molecule has 1 saturated heterocycles. The van der Waals surface area contributed by atoms with Crippen molar-refractivity contribution in [1.82, 2.24) is 10.0 Å². The van der Waals surface area contributed by atoms with Gasteiger partial charge in [-0.15, -0.1) is 0 Å². The second kappa shape index (κ2) is 9.49. The van der Waals surface area contributed by atoms with Gasteiger partial charge in [-0.1, -0.05) is 49.4 Å². The van der Waals surface area contributed by atoms with Crippen LogP contribution in [-0.4, -0.2) is 46.3 Å². The van der Waals surface area contributed by atoms with Gasteiger partial charge in [0.1, 0.15) is 11.9 Å². The van der Waals surface area contributed by atoms with Crippen LogP contribution in [-0.2, 0) is 9.53 Å². The molecule has 1 aliphatic rings. The average molecular weight is 427 g/mol. The predicted molar refractivity (Wildman–Crippen MR) is 116 cm³/mol. The van der Waals surface area contributed by atoms with Crippen LogP contribution in [0.4, 0.5) is 4.79 Å². The fourth-order valence-electron chi connectivity index (χ4n) is 3.98. The molecule has 1 N–H and O–H groups in total. The first-order valence-electron chi connectivity index (χ1n) is 10.5. The Hall–Kier alpha value is -2.90. The summed E-state index contributed by atoms with van der Waals surface area (Å²) in [5.41, 5.74) is 1.44. The van der Waals surface area contributed by atoms with Gasteiger partial charge < -0.3 is 14.6 Å². The number of imide groups is 1. The molecular formula is C24H30N2O5. The molecule has 0 aliphatic carbocycles. The second-order valence-electron chi connectivity index (χ2n) is 8.09. The summed E-state index contributed by atoms with van der Waals surface area (Å²) < 4.78 is 10.8. The SMILES string of the molecule is COc1ccc([C@@H](O)[C@H](C)C(=O)N2C(=O)O[C@H](c3ccccc3)[C@H](C)N2C(C)C)cc1. The Bertz CT molecular complexity index is 900. The second-order valence-corrected chi connectivity index (χ2v) is 8.09. The number of carbonyl (C=O) groups is 2. The third-order valence-corrected chi connectivity index (χ3v) is 5.67. The summed E-state index contributed by atoms with van der Waals surface area (Å²) in [7, 11) is 1.56. The van der Waals surface area contributed by atoms with Crippen molar-refractivity contribution in [2.24, 2.45) is 5.92 Å². The van der Waals surface area contributed by atoms with Gasteiger partial charge >= 0.3 is 6.09 Å². The Morgan fingerprint density at radius 1 is 1.06 bits per heavy atom. The van der Waals surface area contributed by atoms with Gasteiger partial charge in [0.15, 0.2) is 0 Å². The van der Waals surface area contributed by atoms with Crippen LogP contribution in [0, 0.1) is 5.92 Å². The molecule has 0 radical (unpaired) electrons. The van der Waals surface area contributed by atoms with Gasteiger partial charge in [-0.3, -0.25) is 4.79 Å². The molecule has 2 aromatic rings. The lowest BCUT2D eigenvalue weighted by molar-refractivity contribution is -0.181. The van der Waals surface area contributed by atoms with E-state index in [0.29, 0.717) is 11.3 Å². The number of aliphatic hydroxyl groups excluding tert-OH is 1. The van der Waals surface area contributed by atoms with Crippen molar-refractivity contribution in [3.8, 4) is 5.75 Å². The van der Waals surface area contributed by atoms with E-state index >= 15 is 0 Å². The Labute approximate surface area is 183 Å². The highest BCUT2D eigenvalue weighted by molar-refractivity contribution is 5.93. The summed E-state index contributed by atoms with van der Waals surface area (Å²) in [5.74, 6) is -0.718. The summed E-state index contributed by atoms with van der Waals surface area (Å²) in [5, 5.41) is 13.6. The molecule has 0 bridgehead atoms. The van der Waals surface area contributed by atoms with Crippen LogP contribution in [0.15, 0.2) is 54.6 Å². The van der Waals surface area contributed by atoms with E-state index in [1.807, 2.05) is 51.1 Å². The van der Waals surface area contributed by atoms with E-state index in [2.05, 4.69) is 0 Å². The van der Waals surface area contributed by atoms with Crippen LogP contribution in [0.25, 0.3) is 0 Å². The lowest BCUT2D eigenvalue weighted by atomic mass is 9.96. The standard InChI is InChI=1S/C24H30N2O5/c1-15(2)25-17(4)22(19-9-7-6-8-10-19)31-24(29)26(25)23(28)16(3)21(27)18-11-13-20(30-5)14-12-18/h6-17,21-22,27H,1-5H3/t16-,17-,21-,22-/m0/s1. The molecule has 2 amide bonds. The third kappa shape index (κ3) is 4.57. The normalized spacial score (nSPS) is 21.5. The van der Waals surface area contributed by atoms with E-state index in [9.17, 15) is 14.7 Å². The first-order valence-corrected chi connectivity index (χ1v) is 10.5. The van der Waals surface area contributed by atoms with Gasteiger partial charge in [0, 0.05) is 6.04 Å². The number of hydrogen-bond donors (Lipinski definition) is 1. The zero-order valence-corrected chi connectivity index (χ0v) is 18.6. The average Bonchev–Trinajstić information content (AvgIpc) is 2.79. The topological polar surface area (TPSA) is 79.3 Å². The van der Waals surface area contributed by atoms with E-state index in [1.54, 1.807) is 43.3 Å². The monoisotopic (exact) mass is 426 g/mol. The number of carbonyl (C=O) groups excluding carboxylic acids is 2. The van der Waals surface area contributed by atoms with Gasteiger partial charge in [0.25, 0.3) is 5.91 Å². The van der Waals surface area contributed by atoms with Crippen LogP contribution in [0.1, 0.15) is 51.0 Å². The number of nitrogens with zero attached hydrogens (tertiary/aromatic N) is 2. The van der Waals surface area contributed by atoms with Crippen LogP contribution in [0.2, 0.25) is 0 Å². The molecule has 0 unspecified atom stereocenters. The molecule has 31 heavy (non-hydrogen) atoms. The molecular weight excluding hydrogens is 396 g/mol. The van der Waals surface area contributed by atoms with Crippen LogP contribution >= 0.6 is 0 Å². The number of aliphatic hydroxyl groups is 1. The Balaban J connectivity index is 1.85. The summed E-state index contributed by atoms with van der Waals surface area (Å²) >= 11 is 0. The van der Waals surface area contributed by atoms with E-state index < -0.39 is 30.1 Å². The number of hydrogen-bond acceptors (Lipinski definition) is 6. The molecule has 4 atom stereocenters. The van der Waals surface area contributed by atoms with Crippen molar-refractivity contribution in [2.45, 2.75) is 52.0 Å². The predicted octanol–water partition coefficient (Wildman–Crippen LogP) is 4.10. The molecule has 2 aromatic carbocycles. The zero-order valence-electron chi connectivity index (χ0n) is 18.6. The minimum Gasteiger partial charge on any atom is -0.497 e. The molecule has 3 rings (SSSR count). The van der Waals surface area contributed by atoms with Crippen molar-refractivity contribution in [2.75, 3.05) is 7.11 Å². The van der Waals surface area contributed by atoms with Gasteiger partial charge in [0.05, 0.1) is 25.2 Å². The van der Waals surface area contributed by atoms with Crippen molar-refractivity contribution in [3.63, 3.8) is 0 Å². The minimum absolute atomic E-state index is 0.136. The summed E-state index contributed by atoms with van der Waals surface area (Å²) in [6.45, 7) is 7.37. The van der Waals surface area contributed by atoms with Crippen LogP contribution in [0.5, 0.6) is 5.75 Å². The lowest BCUT2D eigenvalue weighted by Crippen LogP contribution is -2.63. The van der Waals surface area contributed by atoms with E-state index in [0.717, 1.165) is 10.6 Å². The Kier molecular flexibility index (Phi) is 6.97. The first-order chi connectivity index (χ1) is 14.8.